The second-order valence-electron chi connectivity index (χ2n) is 9.59. The summed E-state index contributed by atoms with van der Waals surface area (Å²) >= 11 is 0. The molecule has 0 bridgehead atoms. The van der Waals surface area contributed by atoms with Crippen molar-refractivity contribution in [2.45, 2.75) is 89.8 Å². The molecule has 0 spiro atoms. The van der Waals surface area contributed by atoms with Crippen molar-refractivity contribution in [3.05, 3.63) is 51.6 Å². The highest BCUT2D eigenvalue weighted by molar-refractivity contribution is 5.80. The Balaban J connectivity index is 1.65. The molecule has 2 aliphatic rings. The van der Waals surface area contributed by atoms with E-state index in [4.69, 9.17) is 0 Å². The first kappa shape index (κ1) is 21.3. The van der Waals surface area contributed by atoms with Gasteiger partial charge in [0, 0.05) is 17.1 Å². The van der Waals surface area contributed by atoms with Gasteiger partial charge in [0.05, 0.1) is 6.04 Å². The van der Waals surface area contributed by atoms with Crippen molar-refractivity contribution in [2.24, 2.45) is 0 Å². The van der Waals surface area contributed by atoms with Crippen molar-refractivity contribution >= 4 is 10.9 Å². The number of aryl methyl sites for hydroxylation is 1. The summed E-state index contributed by atoms with van der Waals surface area (Å²) in [6, 6.07) is 8.84. The molecule has 32 heavy (non-hydrogen) atoms. The summed E-state index contributed by atoms with van der Waals surface area (Å²) in [4.78, 5) is 19.0. The molecule has 0 amide bonds. The number of hydrogen-bond acceptors (Lipinski definition) is 5. The molecular weight excluding hydrogens is 400 g/mol. The lowest BCUT2D eigenvalue weighted by Crippen LogP contribution is -2.43. The van der Waals surface area contributed by atoms with Gasteiger partial charge in [0.2, 0.25) is 0 Å². The summed E-state index contributed by atoms with van der Waals surface area (Å²) in [5, 5.41) is 14.2. The van der Waals surface area contributed by atoms with Gasteiger partial charge in [-0.2, -0.15) is 0 Å². The molecule has 1 aromatic carbocycles. The van der Waals surface area contributed by atoms with E-state index in [9.17, 15) is 4.79 Å². The van der Waals surface area contributed by atoms with E-state index < -0.39 is 0 Å². The second-order valence-corrected chi connectivity index (χ2v) is 9.59. The van der Waals surface area contributed by atoms with E-state index in [2.05, 4.69) is 57.5 Å². The number of piperidine rings is 1. The van der Waals surface area contributed by atoms with Crippen molar-refractivity contribution in [1.29, 1.82) is 0 Å². The Bertz CT molecular complexity index is 1130. The van der Waals surface area contributed by atoms with Crippen LogP contribution in [0.15, 0.2) is 29.1 Å². The number of benzene rings is 1. The van der Waals surface area contributed by atoms with Gasteiger partial charge in [0.25, 0.3) is 5.56 Å². The fourth-order valence-corrected chi connectivity index (χ4v) is 5.63. The van der Waals surface area contributed by atoms with Crippen LogP contribution in [0.25, 0.3) is 10.9 Å². The summed E-state index contributed by atoms with van der Waals surface area (Å²) in [7, 11) is 0. The van der Waals surface area contributed by atoms with Gasteiger partial charge < -0.3 is 4.98 Å². The maximum absolute atomic E-state index is 13.4. The van der Waals surface area contributed by atoms with Crippen LogP contribution in [0.3, 0.4) is 0 Å². The molecule has 2 aromatic heterocycles. The van der Waals surface area contributed by atoms with Gasteiger partial charge in [0.15, 0.2) is 5.82 Å². The van der Waals surface area contributed by atoms with Gasteiger partial charge >= 0.3 is 0 Å². The largest absolute Gasteiger partial charge is 0.322 e. The number of H-pyrrole nitrogens is 1. The third-order valence-corrected chi connectivity index (χ3v) is 7.51. The van der Waals surface area contributed by atoms with Crippen molar-refractivity contribution in [2.75, 3.05) is 6.54 Å². The first-order chi connectivity index (χ1) is 15.7. The Morgan fingerprint density at radius 2 is 1.91 bits per heavy atom. The zero-order valence-electron chi connectivity index (χ0n) is 19.3. The van der Waals surface area contributed by atoms with Crippen molar-refractivity contribution in [3.8, 4) is 0 Å². The number of fused-ring (bicyclic) bond motifs is 1. The van der Waals surface area contributed by atoms with E-state index in [0.717, 1.165) is 60.9 Å². The molecule has 3 aromatic rings. The van der Waals surface area contributed by atoms with Crippen molar-refractivity contribution in [1.82, 2.24) is 30.1 Å². The quantitative estimate of drug-likeness (QED) is 0.637. The summed E-state index contributed by atoms with van der Waals surface area (Å²) in [5.41, 5.74) is 2.87. The molecule has 0 unspecified atom stereocenters. The Hall–Kier alpha value is -2.54. The normalized spacial score (nSPS) is 21.8. The van der Waals surface area contributed by atoms with Crippen LogP contribution in [0.2, 0.25) is 0 Å². The van der Waals surface area contributed by atoms with Gasteiger partial charge in [-0.15, -0.1) is 5.10 Å². The zero-order chi connectivity index (χ0) is 22.1. The number of nitrogens with zero attached hydrogens (tertiary/aromatic N) is 5. The topological polar surface area (TPSA) is 79.7 Å². The molecular formula is C25H34N6O. The van der Waals surface area contributed by atoms with E-state index >= 15 is 0 Å². The second kappa shape index (κ2) is 9.14. The van der Waals surface area contributed by atoms with Crippen LogP contribution < -0.4 is 5.56 Å². The number of tetrazole rings is 1. The molecule has 1 N–H and O–H groups in total. The van der Waals surface area contributed by atoms with Crippen LogP contribution in [-0.4, -0.2) is 42.7 Å². The highest BCUT2D eigenvalue weighted by Gasteiger charge is 2.35. The van der Waals surface area contributed by atoms with Crippen LogP contribution in [0.4, 0.5) is 0 Å². The maximum atomic E-state index is 13.4. The van der Waals surface area contributed by atoms with Crippen LogP contribution in [0.1, 0.15) is 94.2 Å². The molecule has 1 saturated heterocycles. The molecule has 3 heterocycles. The van der Waals surface area contributed by atoms with E-state index in [1.54, 1.807) is 0 Å². The fourth-order valence-electron chi connectivity index (χ4n) is 5.63. The number of pyridine rings is 1. The predicted molar refractivity (Wildman–Crippen MR) is 126 cm³/mol. The van der Waals surface area contributed by atoms with Gasteiger partial charge in [-0.3, -0.25) is 9.69 Å². The highest BCUT2D eigenvalue weighted by atomic mass is 16.1. The molecule has 1 saturated carbocycles. The van der Waals surface area contributed by atoms with E-state index in [0.29, 0.717) is 12.1 Å². The number of likely N-dealkylation sites (tertiary alicyclic amines) is 1. The zero-order valence-corrected chi connectivity index (χ0v) is 19.3. The molecule has 5 rings (SSSR count). The number of aromatic nitrogens is 5. The minimum absolute atomic E-state index is 0.0392. The van der Waals surface area contributed by atoms with Gasteiger partial charge in [-0.1, -0.05) is 38.7 Å². The van der Waals surface area contributed by atoms with Crippen molar-refractivity contribution < 1.29 is 0 Å². The molecule has 7 nitrogen and oxygen atoms in total. The average Bonchev–Trinajstić information content (AvgIpc) is 3.30. The van der Waals surface area contributed by atoms with E-state index in [-0.39, 0.29) is 11.6 Å². The average molecular weight is 435 g/mol. The number of rotatable bonds is 5. The molecule has 7 heteroatoms. The third kappa shape index (κ3) is 3.98. The minimum atomic E-state index is -0.236. The summed E-state index contributed by atoms with van der Waals surface area (Å²) in [6.45, 7) is 5.38. The lowest BCUT2D eigenvalue weighted by atomic mass is 9.93. The molecule has 0 radical (unpaired) electrons. The standard InChI is InChI=1S/C25H34N6O/c1-3-18-12-13-22-19(15-18)16-21(25(32)26-22)23(30-14-8-7-9-17(30)2)24-27-28-29-31(24)20-10-5-4-6-11-20/h12-13,15-17,20,23H,3-11,14H2,1-2H3,(H,26,32)/t17-,23+/m0/s1. The van der Waals surface area contributed by atoms with Crippen LogP contribution in [0.5, 0.6) is 0 Å². The molecule has 1 aliphatic carbocycles. The van der Waals surface area contributed by atoms with E-state index in [1.165, 1.54) is 31.2 Å². The molecule has 1 aliphatic heterocycles. The molecule has 170 valence electrons. The molecule has 2 atom stereocenters. The molecule has 2 fully saturated rings. The number of hydrogen-bond donors (Lipinski definition) is 1. The van der Waals surface area contributed by atoms with Crippen LogP contribution >= 0.6 is 0 Å². The highest BCUT2D eigenvalue weighted by Crippen LogP contribution is 2.35. The first-order valence-electron chi connectivity index (χ1n) is 12.3. The Kier molecular flexibility index (Phi) is 6.09. The minimum Gasteiger partial charge on any atom is -0.322 e. The Morgan fingerprint density at radius 3 is 2.69 bits per heavy atom. The van der Waals surface area contributed by atoms with Crippen LogP contribution in [-0.2, 0) is 6.42 Å². The number of aromatic amines is 1. The van der Waals surface area contributed by atoms with Gasteiger partial charge in [-0.05, 0) is 85.1 Å². The monoisotopic (exact) mass is 434 g/mol. The lowest BCUT2D eigenvalue weighted by molar-refractivity contribution is 0.114. The third-order valence-electron chi connectivity index (χ3n) is 7.51. The summed E-state index contributed by atoms with van der Waals surface area (Å²) in [6.07, 6.45) is 10.4. The van der Waals surface area contributed by atoms with Crippen LogP contribution in [0, 0.1) is 0 Å². The van der Waals surface area contributed by atoms with E-state index in [1.807, 2.05) is 10.7 Å². The van der Waals surface area contributed by atoms with Gasteiger partial charge in [0.1, 0.15) is 6.04 Å². The Morgan fingerprint density at radius 1 is 1.09 bits per heavy atom. The lowest BCUT2D eigenvalue weighted by Gasteiger charge is -2.39. The predicted octanol–water partition coefficient (Wildman–Crippen LogP) is 4.55. The smallest absolute Gasteiger partial charge is 0.253 e. The fraction of sp³-hybridized carbons (Fsp3) is 0.600. The number of nitrogens with one attached hydrogen (secondary N) is 1. The SMILES string of the molecule is CCc1ccc2[nH]c(=O)c([C@H](c3nnnn3C3CCCCC3)N3CCCC[C@@H]3C)cc2c1. The first-order valence-corrected chi connectivity index (χ1v) is 12.3. The maximum Gasteiger partial charge on any atom is 0.253 e. The summed E-state index contributed by atoms with van der Waals surface area (Å²) < 4.78 is 2.04. The summed E-state index contributed by atoms with van der Waals surface area (Å²) in [5.74, 6) is 0.821. The Labute approximate surface area is 189 Å². The van der Waals surface area contributed by atoms with Crippen molar-refractivity contribution in [3.63, 3.8) is 0 Å². The van der Waals surface area contributed by atoms with Gasteiger partial charge in [-0.25, -0.2) is 4.68 Å².